The second-order valence-corrected chi connectivity index (χ2v) is 10.1. The van der Waals surface area contributed by atoms with E-state index < -0.39 is 0 Å². The van der Waals surface area contributed by atoms with Crippen LogP contribution in [0.3, 0.4) is 0 Å². The van der Waals surface area contributed by atoms with Crippen LogP contribution in [0.4, 0.5) is 5.95 Å². The van der Waals surface area contributed by atoms with Crippen LogP contribution in [0.2, 0.25) is 0 Å². The number of imidazole rings is 1. The monoisotopic (exact) mass is 433 g/mol. The number of anilines is 1. The van der Waals surface area contributed by atoms with Crippen molar-refractivity contribution in [2.45, 2.75) is 47.9 Å². The fourth-order valence-electron chi connectivity index (χ4n) is 5.48. The molecule has 4 aromatic heterocycles. The second-order valence-electron chi connectivity index (χ2n) is 8.97. The minimum atomic E-state index is 0.350. The van der Waals surface area contributed by atoms with Crippen LogP contribution in [0.15, 0.2) is 52.9 Å². The Hall–Kier alpha value is -2.58. The molecule has 0 aromatic carbocycles. The lowest BCUT2D eigenvalue weighted by Gasteiger charge is -2.42. The van der Waals surface area contributed by atoms with E-state index in [4.69, 9.17) is 10.7 Å². The molecule has 1 aliphatic heterocycles. The lowest BCUT2D eigenvalue weighted by molar-refractivity contribution is 0.197. The summed E-state index contributed by atoms with van der Waals surface area (Å²) in [5.41, 5.74) is 8.77. The van der Waals surface area contributed by atoms with Crippen molar-refractivity contribution in [3.63, 3.8) is 0 Å². The SMILES string of the molecule is Cn1ccc2c(Sc3cnc(N4CCC5(CCC[C@H]5N)CC4)n4ccnc34)ccnc21. The number of hydrogen-bond donors (Lipinski definition) is 1. The summed E-state index contributed by atoms with van der Waals surface area (Å²) in [6.45, 7) is 2.02. The summed E-state index contributed by atoms with van der Waals surface area (Å²) in [5, 5.41) is 1.15. The van der Waals surface area contributed by atoms with E-state index >= 15 is 0 Å². The van der Waals surface area contributed by atoms with Crippen LogP contribution in [0.1, 0.15) is 32.1 Å². The number of hydrogen-bond acceptors (Lipinski definition) is 6. The van der Waals surface area contributed by atoms with E-state index in [1.54, 1.807) is 11.8 Å². The van der Waals surface area contributed by atoms with Gasteiger partial charge in [0.15, 0.2) is 5.65 Å². The molecule has 2 N–H and O–H groups in total. The van der Waals surface area contributed by atoms with E-state index in [2.05, 4.69) is 31.4 Å². The number of aromatic nitrogens is 5. The molecule has 2 fully saturated rings. The Balaban J connectivity index is 1.30. The van der Waals surface area contributed by atoms with Gasteiger partial charge in [-0.25, -0.2) is 15.0 Å². The molecule has 6 rings (SSSR count). The Kier molecular flexibility index (Phi) is 4.47. The molecule has 1 aliphatic carbocycles. The summed E-state index contributed by atoms with van der Waals surface area (Å²) in [6, 6.07) is 4.55. The molecular weight excluding hydrogens is 406 g/mol. The zero-order valence-corrected chi connectivity index (χ0v) is 18.6. The molecule has 5 heterocycles. The van der Waals surface area contributed by atoms with Crippen molar-refractivity contribution < 1.29 is 0 Å². The first-order valence-corrected chi connectivity index (χ1v) is 11.9. The summed E-state index contributed by atoms with van der Waals surface area (Å²) in [4.78, 5) is 18.7. The van der Waals surface area contributed by atoms with Crippen molar-refractivity contribution in [1.82, 2.24) is 23.9 Å². The first-order valence-electron chi connectivity index (χ1n) is 11.1. The average Bonchev–Trinajstić information content (AvgIpc) is 3.50. The highest BCUT2D eigenvalue weighted by atomic mass is 32.2. The van der Waals surface area contributed by atoms with E-state index in [1.165, 1.54) is 24.2 Å². The zero-order valence-electron chi connectivity index (χ0n) is 17.7. The van der Waals surface area contributed by atoms with Gasteiger partial charge >= 0.3 is 0 Å². The Morgan fingerprint density at radius 2 is 1.84 bits per heavy atom. The number of piperidine rings is 1. The van der Waals surface area contributed by atoms with Gasteiger partial charge in [0.25, 0.3) is 0 Å². The fourth-order valence-corrected chi connectivity index (χ4v) is 6.46. The quantitative estimate of drug-likeness (QED) is 0.529. The van der Waals surface area contributed by atoms with Gasteiger partial charge in [-0.05, 0) is 43.2 Å². The molecule has 4 aromatic rings. The van der Waals surface area contributed by atoms with E-state index in [-0.39, 0.29) is 0 Å². The number of nitrogens with zero attached hydrogens (tertiary/aromatic N) is 6. The van der Waals surface area contributed by atoms with Gasteiger partial charge in [0.2, 0.25) is 5.95 Å². The maximum absolute atomic E-state index is 6.48. The lowest BCUT2D eigenvalue weighted by atomic mass is 9.74. The molecule has 8 heteroatoms. The second kappa shape index (κ2) is 7.24. The molecule has 31 heavy (non-hydrogen) atoms. The minimum absolute atomic E-state index is 0.350. The highest BCUT2D eigenvalue weighted by Gasteiger charge is 2.43. The molecule has 0 amide bonds. The van der Waals surface area contributed by atoms with Crippen LogP contribution in [-0.4, -0.2) is 43.1 Å². The number of fused-ring (bicyclic) bond motifs is 2. The molecular formula is C23H27N7S. The molecule has 7 nitrogen and oxygen atoms in total. The third-order valence-corrected chi connectivity index (χ3v) is 8.42. The predicted octanol–water partition coefficient (Wildman–Crippen LogP) is 3.87. The number of rotatable bonds is 3. The summed E-state index contributed by atoms with van der Waals surface area (Å²) in [7, 11) is 2.02. The van der Waals surface area contributed by atoms with Crippen molar-refractivity contribution in [3.8, 4) is 0 Å². The lowest BCUT2D eigenvalue weighted by Crippen LogP contribution is -2.47. The van der Waals surface area contributed by atoms with E-state index in [0.717, 1.165) is 53.5 Å². The average molecular weight is 434 g/mol. The van der Waals surface area contributed by atoms with Crippen molar-refractivity contribution in [1.29, 1.82) is 0 Å². The van der Waals surface area contributed by atoms with Crippen molar-refractivity contribution >= 4 is 34.4 Å². The van der Waals surface area contributed by atoms with Crippen LogP contribution in [0.25, 0.3) is 16.7 Å². The topological polar surface area (TPSA) is 77.3 Å². The largest absolute Gasteiger partial charge is 0.342 e. The Morgan fingerprint density at radius 1 is 1.00 bits per heavy atom. The van der Waals surface area contributed by atoms with Gasteiger partial charge in [-0.1, -0.05) is 18.2 Å². The Morgan fingerprint density at radius 3 is 2.65 bits per heavy atom. The third kappa shape index (κ3) is 3.03. The summed E-state index contributed by atoms with van der Waals surface area (Å²) < 4.78 is 4.18. The molecule has 1 spiro atoms. The summed E-state index contributed by atoms with van der Waals surface area (Å²) in [6.07, 6.45) is 15.8. The van der Waals surface area contributed by atoms with Crippen molar-refractivity contribution in [3.05, 3.63) is 43.1 Å². The third-order valence-electron chi connectivity index (χ3n) is 7.34. The van der Waals surface area contributed by atoms with Crippen LogP contribution < -0.4 is 10.6 Å². The van der Waals surface area contributed by atoms with Crippen LogP contribution in [0, 0.1) is 5.41 Å². The normalized spacial score (nSPS) is 21.0. The predicted molar refractivity (Wildman–Crippen MR) is 124 cm³/mol. The first-order chi connectivity index (χ1) is 15.1. The van der Waals surface area contributed by atoms with Crippen LogP contribution >= 0.6 is 11.8 Å². The van der Waals surface area contributed by atoms with Crippen LogP contribution in [0.5, 0.6) is 0 Å². The molecule has 1 saturated heterocycles. The smallest absolute Gasteiger partial charge is 0.211 e. The molecule has 0 radical (unpaired) electrons. The minimum Gasteiger partial charge on any atom is -0.342 e. The fraction of sp³-hybridized carbons (Fsp3) is 0.435. The number of nitrogens with two attached hydrogens (primary N) is 1. The Labute approximate surface area is 185 Å². The van der Waals surface area contributed by atoms with Gasteiger partial charge in [0.1, 0.15) is 5.65 Å². The molecule has 1 atom stereocenters. The van der Waals surface area contributed by atoms with Gasteiger partial charge in [0, 0.05) is 67.4 Å². The molecule has 1 saturated carbocycles. The molecule has 2 aliphatic rings. The van der Waals surface area contributed by atoms with Crippen molar-refractivity contribution in [2.75, 3.05) is 18.0 Å². The van der Waals surface area contributed by atoms with Gasteiger partial charge < -0.3 is 15.2 Å². The number of aryl methyl sites for hydroxylation is 1. The molecule has 160 valence electrons. The van der Waals surface area contributed by atoms with E-state index in [9.17, 15) is 0 Å². The number of pyridine rings is 1. The van der Waals surface area contributed by atoms with Crippen LogP contribution in [-0.2, 0) is 7.05 Å². The van der Waals surface area contributed by atoms with Gasteiger partial charge in [-0.15, -0.1) is 0 Å². The Bertz CT molecular complexity index is 1250. The maximum Gasteiger partial charge on any atom is 0.211 e. The van der Waals surface area contributed by atoms with Gasteiger partial charge in [-0.2, -0.15) is 0 Å². The van der Waals surface area contributed by atoms with Crippen molar-refractivity contribution in [2.24, 2.45) is 18.2 Å². The summed E-state index contributed by atoms with van der Waals surface area (Å²) >= 11 is 1.70. The maximum atomic E-state index is 6.48. The first kappa shape index (κ1) is 19.1. The summed E-state index contributed by atoms with van der Waals surface area (Å²) in [5.74, 6) is 0.984. The highest BCUT2D eigenvalue weighted by molar-refractivity contribution is 7.99. The van der Waals surface area contributed by atoms with E-state index in [1.807, 2.05) is 42.6 Å². The zero-order chi connectivity index (χ0) is 21.0. The highest BCUT2D eigenvalue weighted by Crippen LogP contribution is 2.46. The standard InChI is InChI=1S/C23H27N7S/c1-28-11-5-16-17(4-9-25-20(16)28)31-18-15-27-22(30-14-10-26-21(18)30)29-12-7-23(8-13-29)6-2-3-19(23)24/h4-5,9-11,14-15,19H,2-3,6-8,12-13,24H2,1H3/t19-/m1/s1. The van der Waals surface area contributed by atoms with Gasteiger partial charge in [0.05, 0.1) is 4.90 Å². The molecule has 0 bridgehead atoms. The van der Waals surface area contributed by atoms with Gasteiger partial charge in [-0.3, -0.25) is 4.40 Å². The van der Waals surface area contributed by atoms with E-state index in [0.29, 0.717) is 11.5 Å². The molecule has 0 unspecified atom stereocenters.